The zero-order chi connectivity index (χ0) is 25.3. The van der Waals surface area contributed by atoms with Crippen LogP contribution in [0.5, 0.6) is 0 Å². The van der Waals surface area contributed by atoms with E-state index >= 15 is 0 Å². The number of rotatable bonds is 7. The number of fused-ring (bicyclic) bond motifs is 1. The van der Waals surface area contributed by atoms with Crippen molar-refractivity contribution in [1.82, 2.24) is 34.7 Å². The molecular weight excluding hydrogens is 539 g/mol. The molecule has 5 aromatic rings. The normalized spacial score (nSPS) is 12.1. The molecule has 5 rings (SSSR count). The van der Waals surface area contributed by atoms with Gasteiger partial charge in [0, 0.05) is 0 Å². The monoisotopic (exact) mass is 560 g/mol. The van der Waals surface area contributed by atoms with Crippen molar-refractivity contribution in [1.29, 1.82) is 5.26 Å². The van der Waals surface area contributed by atoms with Crippen molar-refractivity contribution >= 4 is 41.0 Å². The Labute approximate surface area is 214 Å². The molecule has 0 spiro atoms. The van der Waals surface area contributed by atoms with Crippen molar-refractivity contribution in [3.05, 3.63) is 78.5 Å². The summed E-state index contributed by atoms with van der Waals surface area (Å²) in [5, 5.41) is 22.6. The fourth-order valence-electron chi connectivity index (χ4n) is 3.70. The van der Waals surface area contributed by atoms with Crippen LogP contribution in [0.4, 0.5) is 0 Å². The summed E-state index contributed by atoms with van der Waals surface area (Å²) < 4.78 is 30.3. The first-order chi connectivity index (χ1) is 17.3. The van der Waals surface area contributed by atoms with E-state index in [0.29, 0.717) is 27.4 Å². The van der Waals surface area contributed by atoms with Crippen molar-refractivity contribution in [3.8, 4) is 17.6 Å². The minimum atomic E-state index is -3.54. The van der Waals surface area contributed by atoms with Gasteiger partial charge in [-0.1, -0.05) is 0 Å². The van der Waals surface area contributed by atoms with E-state index in [0.717, 1.165) is 15.4 Å². The molecule has 0 aliphatic rings. The molecule has 180 valence electrons. The summed E-state index contributed by atoms with van der Waals surface area (Å²) >= 11 is -0.592. The van der Waals surface area contributed by atoms with E-state index in [4.69, 9.17) is 5.26 Å². The van der Waals surface area contributed by atoms with Crippen molar-refractivity contribution < 1.29 is 8.42 Å². The van der Waals surface area contributed by atoms with Crippen molar-refractivity contribution in [2.75, 3.05) is 0 Å². The Balaban J connectivity index is 1.50. The summed E-state index contributed by atoms with van der Waals surface area (Å²) in [5.74, 6) is 0.367. The summed E-state index contributed by atoms with van der Waals surface area (Å²) in [6.07, 6.45) is 6.52. The van der Waals surface area contributed by atoms with Crippen molar-refractivity contribution in [2.45, 2.75) is 29.2 Å². The molecule has 12 heteroatoms. The molecule has 0 aliphatic carbocycles. The Morgan fingerprint density at radius 2 is 1.89 bits per heavy atom. The van der Waals surface area contributed by atoms with Gasteiger partial charge in [-0.2, -0.15) is 0 Å². The van der Waals surface area contributed by atoms with Gasteiger partial charge in [0.1, 0.15) is 0 Å². The SMILES string of the molecule is CC(C)[AsH]c1cc(-n2ncc3cc(C#N)cnc32)ncc1-n1cc(CS(=O)(=O)c2ccccc2)nn1. The van der Waals surface area contributed by atoms with Gasteiger partial charge >= 0.3 is 215 Å². The van der Waals surface area contributed by atoms with E-state index < -0.39 is 25.6 Å². The second-order valence-electron chi connectivity index (χ2n) is 8.39. The third-order valence-corrected chi connectivity index (χ3v) is 9.66. The molecule has 36 heavy (non-hydrogen) atoms. The molecule has 0 amide bonds. The molecule has 4 heterocycles. The quantitative estimate of drug-likeness (QED) is 0.277. The van der Waals surface area contributed by atoms with E-state index in [1.807, 2.05) is 6.07 Å². The third kappa shape index (κ3) is 4.78. The molecule has 1 aromatic carbocycles. The van der Waals surface area contributed by atoms with Crippen LogP contribution >= 0.6 is 0 Å². The molecule has 0 aliphatic heterocycles. The molecule has 0 saturated carbocycles. The van der Waals surface area contributed by atoms with Crippen molar-refractivity contribution in [3.63, 3.8) is 0 Å². The number of pyridine rings is 2. The molecule has 0 radical (unpaired) electrons. The number of sulfone groups is 1. The van der Waals surface area contributed by atoms with Gasteiger partial charge in [0.25, 0.3) is 0 Å². The topological polar surface area (TPSA) is 132 Å². The standard InChI is InChI=1S/C24H21AsN8O2S/c1-16(2)25-21-9-23(33-24-18(12-29-33)8-17(10-26)11-28-24)27-13-22(21)32-14-19(30-31-32)15-36(34,35)20-6-4-3-5-7-20/h3-9,11-14,16,25H,15H2,1-2H3. The first-order valence-electron chi connectivity index (χ1n) is 11.0. The first-order valence-corrected chi connectivity index (χ1v) is 15.0. The summed E-state index contributed by atoms with van der Waals surface area (Å²) in [6.45, 7) is 4.33. The van der Waals surface area contributed by atoms with Gasteiger partial charge in [-0.25, -0.2) is 0 Å². The van der Waals surface area contributed by atoms with Gasteiger partial charge in [-0.15, -0.1) is 0 Å². The maximum atomic E-state index is 12.8. The summed E-state index contributed by atoms with van der Waals surface area (Å²) in [7, 11) is -3.54. The average Bonchev–Trinajstić information content (AvgIpc) is 3.50. The second-order valence-corrected chi connectivity index (χ2v) is 14.5. The van der Waals surface area contributed by atoms with Crippen LogP contribution in [0.3, 0.4) is 0 Å². The number of hydrogen-bond acceptors (Lipinski definition) is 8. The summed E-state index contributed by atoms with van der Waals surface area (Å²) in [5.41, 5.74) is 2.20. The zero-order valence-corrected chi connectivity index (χ0v) is 22.4. The van der Waals surface area contributed by atoms with E-state index in [9.17, 15) is 8.42 Å². The van der Waals surface area contributed by atoms with Crippen molar-refractivity contribution in [2.24, 2.45) is 0 Å². The Morgan fingerprint density at radius 1 is 1.08 bits per heavy atom. The van der Waals surface area contributed by atoms with Crippen LogP contribution < -0.4 is 4.35 Å². The van der Waals surface area contributed by atoms with Crippen LogP contribution in [0, 0.1) is 11.3 Å². The Morgan fingerprint density at radius 3 is 2.64 bits per heavy atom. The van der Waals surface area contributed by atoms with E-state index in [-0.39, 0.29) is 10.6 Å². The first kappa shape index (κ1) is 23.9. The van der Waals surface area contributed by atoms with Gasteiger partial charge in [-0.05, 0) is 0 Å². The van der Waals surface area contributed by atoms with Crippen LogP contribution in [-0.2, 0) is 15.6 Å². The van der Waals surface area contributed by atoms with Crippen LogP contribution in [0.1, 0.15) is 25.1 Å². The zero-order valence-electron chi connectivity index (χ0n) is 19.4. The fraction of sp³-hybridized carbons (Fsp3) is 0.167. The molecular formula is C24H21AsN8O2S. The number of benzene rings is 1. The van der Waals surface area contributed by atoms with Crippen LogP contribution in [0.2, 0.25) is 4.71 Å². The van der Waals surface area contributed by atoms with E-state index in [1.165, 1.54) is 6.20 Å². The molecule has 1 atom stereocenters. The number of nitriles is 1. The fourth-order valence-corrected chi connectivity index (χ4v) is 7.40. The Kier molecular flexibility index (Phi) is 6.39. The van der Waals surface area contributed by atoms with Gasteiger partial charge < -0.3 is 0 Å². The van der Waals surface area contributed by atoms with Crippen LogP contribution in [0.25, 0.3) is 22.5 Å². The molecule has 0 N–H and O–H groups in total. The van der Waals surface area contributed by atoms with Gasteiger partial charge in [-0.3, -0.25) is 0 Å². The number of aromatic nitrogens is 7. The predicted molar refractivity (Wildman–Crippen MR) is 136 cm³/mol. The molecule has 0 bridgehead atoms. The van der Waals surface area contributed by atoms with E-state index in [1.54, 1.807) is 64.4 Å². The average molecular weight is 560 g/mol. The molecule has 10 nitrogen and oxygen atoms in total. The van der Waals surface area contributed by atoms with Gasteiger partial charge in [0.2, 0.25) is 0 Å². The van der Waals surface area contributed by atoms with Gasteiger partial charge in [0.15, 0.2) is 0 Å². The minimum absolute atomic E-state index is 0.242. The van der Waals surface area contributed by atoms with Gasteiger partial charge in [0.05, 0.1) is 0 Å². The predicted octanol–water partition coefficient (Wildman–Crippen LogP) is 2.13. The summed E-state index contributed by atoms with van der Waals surface area (Å²) in [6, 6.07) is 14.1. The third-order valence-electron chi connectivity index (χ3n) is 5.29. The molecule has 4 aromatic heterocycles. The maximum absolute atomic E-state index is 12.8. The number of nitrogens with zero attached hydrogens (tertiary/aromatic N) is 8. The van der Waals surface area contributed by atoms with E-state index in [2.05, 4.69) is 45.3 Å². The Hall–Kier alpha value is -3.87. The molecule has 0 saturated heterocycles. The number of hydrogen-bond donors (Lipinski definition) is 0. The Bertz CT molecular complexity index is 1710. The molecule has 1 unspecified atom stereocenters. The summed E-state index contributed by atoms with van der Waals surface area (Å²) in [4.78, 5) is 9.23. The molecule has 0 fully saturated rings. The van der Waals surface area contributed by atoms with Crippen LogP contribution in [-0.4, -0.2) is 58.9 Å². The van der Waals surface area contributed by atoms with Crippen LogP contribution in [0.15, 0.2) is 72.1 Å². The second kappa shape index (κ2) is 9.64.